The maximum absolute atomic E-state index is 11.9. The summed E-state index contributed by atoms with van der Waals surface area (Å²) in [5.74, 6) is 0.635. The Kier molecular flexibility index (Phi) is 2.89. The summed E-state index contributed by atoms with van der Waals surface area (Å²) in [6, 6.07) is 1.87. The summed E-state index contributed by atoms with van der Waals surface area (Å²) in [6.45, 7) is 2.88. The van der Waals surface area contributed by atoms with Crippen LogP contribution in [0.3, 0.4) is 0 Å². The highest BCUT2D eigenvalue weighted by atomic mass is 79.9. The first-order valence-electron chi connectivity index (χ1n) is 5.26. The van der Waals surface area contributed by atoms with Gasteiger partial charge in [-0.05, 0) is 22.0 Å². The van der Waals surface area contributed by atoms with Gasteiger partial charge in [0.1, 0.15) is 4.70 Å². The molecule has 0 radical (unpaired) electrons. The van der Waals surface area contributed by atoms with Gasteiger partial charge < -0.3 is 9.64 Å². The molecule has 0 aromatic carbocycles. The zero-order valence-electron chi connectivity index (χ0n) is 8.90. The quantitative estimate of drug-likeness (QED) is 0.868. The van der Waals surface area contributed by atoms with Crippen molar-refractivity contribution in [3.63, 3.8) is 0 Å². The summed E-state index contributed by atoms with van der Waals surface area (Å²) in [6.07, 6.45) is 0. The Balaban J connectivity index is 2.08. The number of rotatable bonds is 1. The average Bonchev–Trinajstić information content (AvgIpc) is 2.71. The largest absolute Gasteiger partial charge is 0.378 e. The lowest BCUT2D eigenvalue weighted by Gasteiger charge is -2.26. The summed E-state index contributed by atoms with van der Waals surface area (Å²) in [5, 5.41) is 0. The molecule has 0 amide bonds. The normalized spacial score (nSPS) is 16.6. The van der Waals surface area contributed by atoms with Crippen LogP contribution in [0.25, 0.3) is 10.2 Å². The zero-order chi connectivity index (χ0) is 11.8. The molecule has 1 saturated heterocycles. The van der Waals surface area contributed by atoms with Crippen molar-refractivity contribution in [2.24, 2.45) is 0 Å². The summed E-state index contributed by atoms with van der Waals surface area (Å²) < 4.78 is 6.86. The van der Waals surface area contributed by atoms with E-state index in [2.05, 4.69) is 25.9 Å². The lowest BCUT2D eigenvalue weighted by atomic mass is 10.4. The number of nitrogens with one attached hydrogen (secondary N) is 1. The molecule has 0 spiro atoms. The van der Waals surface area contributed by atoms with Crippen molar-refractivity contribution in [3.05, 3.63) is 20.2 Å². The Morgan fingerprint density at radius 2 is 2.24 bits per heavy atom. The van der Waals surface area contributed by atoms with Gasteiger partial charge in [-0.3, -0.25) is 9.78 Å². The molecule has 2 aromatic heterocycles. The van der Waals surface area contributed by atoms with Crippen molar-refractivity contribution in [2.75, 3.05) is 31.2 Å². The first-order chi connectivity index (χ1) is 8.24. The molecule has 1 aliphatic rings. The Morgan fingerprint density at radius 1 is 1.47 bits per heavy atom. The Morgan fingerprint density at radius 3 is 3.00 bits per heavy atom. The van der Waals surface area contributed by atoms with Gasteiger partial charge in [-0.25, -0.2) is 4.98 Å². The fourth-order valence-corrected chi connectivity index (χ4v) is 3.24. The monoisotopic (exact) mass is 315 g/mol. The number of halogens is 1. The van der Waals surface area contributed by atoms with E-state index in [9.17, 15) is 4.79 Å². The molecule has 0 saturated carbocycles. The van der Waals surface area contributed by atoms with Crippen LogP contribution in [0.1, 0.15) is 0 Å². The first kappa shape index (κ1) is 11.2. The third kappa shape index (κ3) is 2.10. The number of ether oxygens (including phenoxy) is 1. The van der Waals surface area contributed by atoms with Crippen LogP contribution in [-0.4, -0.2) is 36.3 Å². The number of morpholine rings is 1. The highest BCUT2D eigenvalue weighted by Gasteiger charge is 2.15. The van der Waals surface area contributed by atoms with Gasteiger partial charge in [-0.1, -0.05) is 0 Å². The maximum atomic E-state index is 11.9. The number of nitrogens with zero attached hydrogens (tertiary/aromatic N) is 2. The van der Waals surface area contributed by atoms with E-state index >= 15 is 0 Å². The van der Waals surface area contributed by atoms with E-state index < -0.39 is 0 Å². The number of H-pyrrole nitrogens is 1. The minimum atomic E-state index is -0.0767. The average molecular weight is 316 g/mol. The number of fused-ring (bicyclic) bond motifs is 1. The Hall–Kier alpha value is -0.920. The van der Waals surface area contributed by atoms with Crippen molar-refractivity contribution in [2.45, 2.75) is 0 Å². The standard InChI is InChI=1S/C10H10BrN3O2S/c11-7-5-6-8(17-7)9(15)13-10(12-6)14-1-3-16-4-2-14/h5H,1-4H2,(H,12,13,15). The summed E-state index contributed by atoms with van der Waals surface area (Å²) in [5.41, 5.74) is 0.666. The van der Waals surface area contributed by atoms with E-state index in [1.165, 1.54) is 11.3 Å². The Bertz CT molecular complexity index is 603. The topological polar surface area (TPSA) is 58.2 Å². The lowest BCUT2D eigenvalue weighted by molar-refractivity contribution is 0.122. The molecule has 3 rings (SSSR count). The maximum Gasteiger partial charge on any atom is 0.270 e. The van der Waals surface area contributed by atoms with Gasteiger partial charge in [0.05, 0.1) is 22.5 Å². The van der Waals surface area contributed by atoms with E-state index in [0.717, 1.165) is 22.4 Å². The van der Waals surface area contributed by atoms with Crippen LogP contribution in [0, 0.1) is 0 Å². The molecule has 1 fully saturated rings. The number of aromatic nitrogens is 2. The molecule has 7 heteroatoms. The van der Waals surface area contributed by atoms with Crippen LogP contribution >= 0.6 is 27.3 Å². The van der Waals surface area contributed by atoms with E-state index in [-0.39, 0.29) is 5.56 Å². The zero-order valence-corrected chi connectivity index (χ0v) is 11.3. The third-order valence-corrected chi connectivity index (χ3v) is 4.28. The molecule has 0 unspecified atom stereocenters. The number of aromatic amines is 1. The highest BCUT2D eigenvalue weighted by molar-refractivity contribution is 9.11. The van der Waals surface area contributed by atoms with Gasteiger partial charge in [0.15, 0.2) is 0 Å². The Labute approximate surface area is 110 Å². The molecule has 0 aliphatic carbocycles. The van der Waals surface area contributed by atoms with Crippen molar-refractivity contribution in [1.82, 2.24) is 9.97 Å². The van der Waals surface area contributed by atoms with E-state index in [4.69, 9.17) is 4.74 Å². The molecule has 0 bridgehead atoms. The molecule has 5 nitrogen and oxygen atoms in total. The molecular weight excluding hydrogens is 306 g/mol. The first-order valence-corrected chi connectivity index (χ1v) is 6.87. The second-order valence-electron chi connectivity index (χ2n) is 3.75. The fraction of sp³-hybridized carbons (Fsp3) is 0.400. The second kappa shape index (κ2) is 4.40. The van der Waals surface area contributed by atoms with Gasteiger partial charge in [-0.2, -0.15) is 0 Å². The molecule has 2 aromatic rings. The molecule has 1 aliphatic heterocycles. The molecule has 1 N–H and O–H groups in total. The SMILES string of the molecule is O=c1[nH]c(N2CCOCC2)nc2cc(Br)sc12. The fourth-order valence-electron chi connectivity index (χ4n) is 1.82. The molecule has 90 valence electrons. The highest BCUT2D eigenvalue weighted by Crippen LogP contribution is 2.26. The van der Waals surface area contributed by atoms with Gasteiger partial charge in [0, 0.05) is 13.1 Å². The number of hydrogen-bond donors (Lipinski definition) is 1. The third-order valence-electron chi connectivity index (χ3n) is 2.65. The van der Waals surface area contributed by atoms with Gasteiger partial charge in [0.25, 0.3) is 5.56 Å². The number of thiophene rings is 1. The molecule has 17 heavy (non-hydrogen) atoms. The van der Waals surface area contributed by atoms with E-state index in [0.29, 0.717) is 23.9 Å². The van der Waals surface area contributed by atoms with Crippen molar-refractivity contribution in [3.8, 4) is 0 Å². The predicted molar refractivity (Wildman–Crippen MR) is 71.0 cm³/mol. The molecule has 3 heterocycles. The second-order valence-corrected chi connectivity index (χ2v) is 6.19. The smallest absolute Gasteiger partial charge is 0.270 e. The van der Waals surface area contributed by atoms with Crippen molar-refractivity contribution < 1.29 is 4.74 Å². The van der Waals surface area contributed by atoms with Crippen LogP contribution in [0.2, 0.25) is 0 Å². The van der Waals surface area contributed by atoms with Crippen LogP contribution in [0.4, 0.5) is 5.95 Å². The van der Waals surface area contributed by atoms with Crippen LogP contribution in [-0.2, 0) is 4.74 Å². The van der Waals surface area contributed by atoms with Gasteiger partial charge in [-0.15, -0.1) is 11.3 Å². The number of anilines is 1. The number of hydrogen-bond acceptors (Lipinski definition) is 5. The van der Waals surface area contributed by atoms with Crippen molar-refractivity contribution >= 4 is 43.4 Å². The summed E-state index contributed by atoms with van der Waals surface area (Å²) >= 11 is 4.77. The lowest BCUT2D eigenvalue weighted by Crippen LogP contribution is -2.38. The van der Waals surface area contributed by atoms with Gasteiger partial charge in [0.2, 0.25) is 5.95 Å². The van der Waals surface area contributed by atoms with Crippen LogP contribution in [0.15, 0.2) is 14.6 Å². The molecular formula is C10H10BrN3O2S. The molecule has 0 atom stereocenters. The minimum Gasteiger partial charge on any atom is -0.378 e. The van der Waals surface area contributed by atoms with Crippen LogP contribution < -0.4 is 10.5 Å². The van der Waals surface area contributed by atoms with E-state index in [1.54, 1.807) is 0 Å². The van der Waals surface area contributed by atoms with Gasteiger partial charge >= 0.3 is 0 Å². The van der Waals surface area contributed by atoms with Crippen molar-refractivity contribution in [1.29, 1.82) is 0 Å². The minimum absolute atomic E-state index is 0.0767. The summed E-state index contributed by atoms with van der Waals surface area (Å²) in [4.78, 5) is 21.2. The summed E-state index contributed by atoms with van der Waals surface area (Å²) in [7, 11) is 0. The predicted octanol–water partition coefficient (Wildman–Crippen LogP) is 1.58. The van der Waals surface area contributed by atoms with Crippen LogP contribution in [0.5, 0.6) is 0 Å². The van der Waals surface area contributed by atoms with E-state index in [1.807, 2.05) is 11.0 Å².